The number of nitrogens with two attached hydrogens (primary N) is 1. The van der Waals surface area contributed by atoms with Crippen molar-refractivity contribution in [1.82, 2.24) is 0 Å². The zero-order valence-corrected chi connectivity index (χ0v) is 12.6. The van der Waals surface area contributed by atoms with Gasteiger partial charge in [0.2, 0.25) is 0 Å². The van der Waals surface area contributed by atoms with Crippen molar-refractivity contribution in [1.29, 1.82) is 0 Å². The highest BCUT2D eigenvalue weighted by Gasteiger charge is 2.09. The molecule has 1 atom stereocenters. The van der Waals surface area contributed by atoms with Crippen molar-refractivity contribution >= 4 is 15.9 Å². The van der Waals surface area contributed by atoms with E-state index in [1.807, 2.05) is 48.5 Å². The standard InChI is InChI=1S/C16H18BrNO/c1-2-10-19-15-8-6-12(7-9-15)16(18)13-4-3-5-14(17)11-13/h3-9,11,16H,2,10,18H2,1H3. The smallest absolute Gasteiger partial charge is 0.119 e. The molecule has 0 aliphatic rings. The summed E-state index contributed by atoms with van der Waals surface area (Å²) >= 11 is 3.47. The molecule has 2 rings (SSSR count). The normalized spacial score (nSPS) is 12.2. The SMILES string of the molecule is CCCOc1ccc(C(N)c2cccc(Br)c2)cc1. The Bertz CT molecular complexity index is 525. The van der Waals surface area contributed by atoms with Crippen LogP contribution < -0.4 is 10.5 Å². The van der Waals surface area contributed by atoms with Crippen molar-refractivity contribution < 1.29 is 4.74 Å². The largest absolute Gasteiger partial charge is 0.494 e. The second kappa shape index (κ2) is 6.73. The minimum Gasteiger partial charge on any atom is -0.494 e. The molecule has 2 aromatic carbocycles. The fourth-order valence-corrected chi connectivity index (χ4v) is 2.30. The van der Waals surface area contributed by atoms with Crippen LogP contribution in [0.1, 0.15) is 30.5 Å². The maximum absolute atomic E-state index is 6.27. The summed E-state index contributed by atoms with van der Waals surface area (Å²) in [6.07, 6.45) is 1.01. The number of benzene rings is 2. The van der Waals surface area contributed by atoms with E-state index in [2.05, 4.69) is 22.9 Å². The third-order valence-electron chi connectivity index (χ3n) is 2.92. The van der Waals surface area contributed by atoms with Gasteiger partial charge in [-0.05, 0) is 41.8 Å². The van der Waals surface area contributed by atoms with Crippen LogP contribution in [-0.4, -0.2) is 6.61 Å². The van der Waals surface area contributed by atoms with Crippen LogP contribution in [0.2, 0.25) is 0 Å². The molecule has 2 N–H and O–H groups in total. The molecule has 100 valence electrons. The molecule has 0 saturated carbocycles. The first-order valence-electron chi connectivity index (χ1n) is 6.44. The van der Waals surface area contributed by atoms with Crippen LogP contribution >= 0.6 is 15.9 Å². The van der Waals surface area contributed by atoms with E-state index < -0.39 is 0 Å². The van der Waals surface area contributed by atoms with Gasteiger partial charge in [0.05, 0.1) is 12.6 Å². The molecule has 0 radical (unpaired) electrons. The average Bonchev–Trinajstić information content (AvgIpc) is 2.45. The van der Waals surface area contributed by atoms with E-state index in [4.69, 9.17) is 10.5 Å². The Morgan fingerprint density at radius 1 is 1.11 bits per heavy atom. The highest BCUT2D eigenvalue weighted by atomic mass is 79.9. The summed E-state index contributed by atoms with van der Waals surface area (Å²) in [5.41, 5.74) is 8.45. The first-order valence-corrected chi connectivity index (χ1v) is 7.24. The Morgan fingerprint density at radius 3 is 2.47 bits per heavy atom. The van der Waals surface area contributed by atoms with E-state index in [9.17, 15) is 0 Å². The lowest BCUT2D eigenvalue weighted by Gasteiger charge is -2.13. The molecule has 2 aromatic rings. The maximum Gasteiger partial charge on any atom is 0.119 e. The van der Waals surface area contributed by atoms with Crippen LogP contribution in [0.15, 0.2) is 53.0 Å². The second-order valence-electron chi connectivity index (χ2n) is 4.45. The lowest BCUT2D eigenvalue weighted by molar-refractivity contribution is 0.317. The summed E-state index contributed by atoms with van der Waals surface area (Å²) in [6.45, 7) is 2.84. The van der Waals surface area contributed by atoms with Gasteiger partial charge in [-0.3, -0.25) is 0 Å². The minimum atomic E-state index is -0.113. The molecule has 0 aliphatic heterocycles. The maximum atomic E-state index is 6.27. The summed E-state index contributed by atoms with van der Waals surface area (Å²) in [7, 11) is 0. The minimum absolute atomic E-state index is 0.113. The van der Waals surface area contributed by atoms with Crippen molar-refractivity contribution in [3.63, 3.8) is 0 Å². The third-order valence-corrected chi connectivity index (χ3v) is 3.41. The van der Waals surface area contributed by atoms with Crippen LogP contribution in [0.4, 0.5) is 0 Å². The monoisotopic (exact) mass is 319 g/mol. The summed E-state index contributed by atoms with van der Waals surface area (Å²) < 4.78 is 6.61. The van der Waals surface area contributed by atoms with Crippen LogP contribution in [0.3, 0.4) is 0 Å². The van der Waals surface area contributed by atoms with Gasteiger partial charge in [0.15, 0.2) is 0 Å². The number of halogens is 1. The highest BCUT2D eigenvalue weighted by molar-refractivity contribution is 9.10. The Balaban J connectivity index is 2.13. The van der Waals surface area contributed by atoms with Gasteiger partial charge in [-0.1, -0.05) is 47.1 Å². The molecule has 0 saturated heterocycles. The summed E-state index contributed by atoms with van der Waals surface area (Å²) in [5, 5.41) is 0. The van der Waals surface area contributed by atoms with Crippen molar-refractivity contribution in [2.24, 2.45) is 5.73 Å². The predicted octanol–water partition coefficient (Wildman–Crippen LogP) is 4.29. The topological polar surface area (TPSA) is 35.2 Å². The fourth-order valence-electron chi connectivity index (χ4n) is 1.88. The second-order valence-corrected chi connectivity index (χ2v) is 5.37. The van der Waals surface area contributed by atoms with Crippen molar-refractivity contribution in [2.75, 3.05) is 6.61 Å². The number of hydrogen-bond acceptors (Lipinski definition) is 2. The van der Waals surface area contributed by atoms with E-state index >= 15 is 0 Å². The first-order chi connectivity index (χ1) is 9.20. The van der Waals surface area contributed by atoms with Gasteiger partial charge in [-0.25, -0.2) is 0 Å². The third kappa shape index (κ3) is 3.82. The lowest BCUT2D eigenvalue weighted by atomic mass is 10.00. The molecule has 0 bridgehead atoms. The molecule has 2 nitrogen and oxygen atoms in total. The molecule has 0 fully saturated rings. The van der Waals surface area contributed by atoms with Gasteiger partial charge < -0.3 is 10.5 Å². The Kier molecular flexibility index (Phi) is 5.00. The molecular weight excluding hydrogens is 302 g/mol. The molecule has 0 heterocycles. The Hall–Kier alpha value is -1.32. The summed E-state index contributed by atoms with van der Waals surface area (Å²) in [6, 6.07) is 16.0. The summed E-state index contributed by atoms with van der Waals surface area (Å²) in [5.74, 6) is 0.895. The molecule has 0 amide bonds. The van der Waals surface area contributed by atoms with Crippen molar-refractivity contribution in [3.05, 3.63) is 64.1 Å². The van der Waals surface area contributed by atoms with Crippen molar-refractivity contribution in [3.8, 4) is 5.75 Å². The van der Waals surface area contributed by atoms with Gasteiger partial charge in [-0.15, -0.1) is 0 Å². The van der Waals surface area contributed by atoms with Gasteiger partial charge >= 0.3 is 0 Å². The molecule has 0 aromatic heterocycles. The Labute approximate surface area is 122 Å². The Morgan fingerprint density at radius 2 is 1.84 bits per heavy atom. The zero-order chi connectivity index (χ0) is 13.7. The molecule has 3 heteroatoms. The van der Waals surface area contributed by atoms with E-state index in [1.54, 1.807) is 0 Å². The molecule has 0 spiro atoms. The lowest BCUT2D eigenvalue weighted by Crippen LogP contribution is -2.11. The average molecular weight is 320 g/mol. The first kappa shape index (κ1) is 14.1. The van der Waals surface area contributed by atoms with Gasteiger partial charge in [0.25, 0.3) is 0 Å². The molecule has 0 aliphatic carbocycles. The predicted molar refractivity (Wildman–Crippen MR) is 82.4 cm³/mol. The molecular formula is C16H18BrNO. The number of ether oxygens (including phenoxy) is 1. The quantitative estimate of drug-likeness (QED) is 0.892. The summed E-state index contributed by atoms with van der Waals surface area (Å²) in [4.78, 5) is 0. The van der Waals surface area contributed by atoms with Crippen LogP contribution in [-0.2, 0) is 0 Å². The van der Waals surface area contributed by atoms with Crippen molar-refractivity contribution in [2.45, 2.75) is 19.4 Å². The van der Waals surface area contributed by atoms with E-state index in [-0.39, 0.29) is 6.04 Å². The van der Waals surface area contributed by atoms with Gasteiger partial charge in [0.1, 0.15) is 5.75 Å². The van der Waals surface area contributed by atoms with Crippen LogP contribution in [0.25, 0.3) is 0 Å². The number of rotatable bonds is 5. The van der Waals surface area contributed by atoms with Crippen LogP contribution in [0, 0.1) is 0 Å². The van der Waals surface area contributed by atoms with E-state index in [0.717, 1.165) is 34.4 Å². The molecule has 19 heavy (non-hydrogen) atoms. The zero-order valence-electron chi connectivity index (χ0n) is 11.0. The number of hydrogen-bond donors (Lipinski definition) is 1. The van der Waals surface area contributed by atoms with E-state index in [1.165, 1.54) is 0 Å². The van der Waals surface area contributed by atoms with Crippen LogP contribution in [0.5, 0.6) is 5.75 Å². The highest BCUT2D eigenvalue weighted by Crippen LogP contribution is 2.24. The van der Waals surface area contributed by atoms with Gasteiger partial charge in [0, 0.05) is 4.47 Å². The fraction of sp³-hybridized carbons (Fsp3) is 0.250. The van der Waals surface area contributed by atoms with Gasteiger partial charge in [-0.2, -0.15) is 0 Å². The molecule has 1 unspecified atom stereocenters. The van der Waals surface area contributed by atoms with E-state index in [0.29, 0.717) is 0 Å².